The summed E-state index contributed by atoms with van der Waals surface area (Å²) in [6, 6.07) is 10.3. The van der Waals surface area contributed by atoms with E-state index in [1.54, 1.807) is 0 Å². The summed E-state index contributed by atoms with van der Waals surface area (Å²) < 4.78 is 5.29. The monoisotopic (exact) mass is 182 g/mol. The van der Waals surface area contributed by atoms with Crippen LogP contribution in [0.2, 0.25) is 0 Å². The fourth-order valence-electron chi connectivity index (χ4n) is 1.53. The third kappa shape index (κ3) is 1.47. The van der Waals surface area contributed by atoms with Crippen LogP contribution in [0.4, 0.5) is 0 Å². The number of halogens is 1. The summed E-state index contributed by atoms with van der Waals surface area (Å²) >= 11 is 6.09. The number of hydrogen-bond donors (Lipinski definition) is 0. The SMILES string of the molecule is Cl[C@H]1COC[C@@H]1c1ccccc1. The third-order valence-electron chi connectivity index (χ3n) is 2.24. The van der Waals surface area contributed by atoms with Gasteiger partial charge in [-0.3, -0.25) is 0 Å². The molecule has 1 aliphatic heterocycles. The van der Waals surface area contributed by atoms with Crippen LogP contribution in [0.25, 0.3) is 0 Å². The van der Waals surface area contributed by atoms with Gasteiger partial charge in [-0.25, -0.2) is 0 Å². The molecule has 1 aromatic rings. The zero-order chi connectivity index (χ0) is 8.39. The number of benzene rings is 1. The first-order chi connectivity index (χ1) is 5.88. The Hall–Kier alpha value is -0.530. The maximum Gasteiger partial charge on any atom is 0.0660 e. The van der Waals surface area contributed by atoms with E-state index in [-0.39, 0.29) is 5.38 Å². The summed E-state index contributed by atoms with van der Waals surface area (Å²) in [6.07, 6.45) is 0. The molecule has 2 atom stereocenters. The van der Waals surface area contributed by atoms with E-state index in [1.807, 2.05) is 18.2 Å². The minimum Gasteiger partial charge on any atom is -0.379 e. The average molecular weight is 183 g/mol. The minimum atomic E-state index is 0.146. The predicted octanol–water partition coefficient (Wildman–Crippen LogP) is 2.41. The van der Waals surface area contributed by atoms with Gasteiger partial charge in [-0.05, 0) is 5.56 Å². The van der Waals surface area contributed by atoms with Crippen LogP contribution in [0.1, 0.15) is 11.5 Å². The van der Waals surface area contributed by atoms with Crippen molar-refractivity contribution in [1.82, 2.24) is 0 Å². The van der Waals surface area contributed by atoms with Crippen molar-refractivity contribution in [3.63, 3.8) is 0 Å². The molecule has 1 nitrogen and oxygen atoms in total. The maximum absolute atomic E-state index is 6.09. The van der Waals surface area contributed by atoms with Crippen LogP contribution in [0, 0.1) is 0 Å². The van der Waals surface area contributed by atoms with Crippen molar-refractivity contribution >= 4 is 11.6 Å². The highest BCUT2D eigenvalue weighted by molar-refractivity contribution is 6.21. The molecule has 0 radical (unpaired) electrons. The summed E-state index contributed by atoms with van der Waals surface area (Å²) in [5.41, 5.74) is 1.29. The van der Waals surface area contributed by atoms with E-state index in [0.717, 1.165) is 6.61 Å². The molecule has 1 fully saturated rings. The second-order valence-electron chi connectivity index (χ2n) is 3.07. The van der Waals surface area contributed by atoms with Gasteiger partial charge < -0.3 is 4.74 Å². The lowest BCUT2D eigenvalue weighted by atomic mass is 9.98. The van der Waals surface area contributed by atoms with Gasteiger partial charge in [-0.1, -0.05) is 30.3 Å². The quantitative estimate of drug-likeness (QED) is 0.607. The Balaban J connectivity index is 2.19. The highest BCUT2D eigenvalue weighted by Gasteiger charge is 2.27. The van der Waals surface area contributed by atoms with Crippen LogP contribution in [0.15, 0.2) is 30.3 Å². The molecule has 2 rings (SSSR count). The average Bonchev–Trinajstić information content (AvgIpc) is 2.53. The topological polar surface area (TPSA) is 9.23 Å². The molecule has 64 valence electrons. The molecule has 0 unspecified atom stereocenters. The summed E-state index contributed by atoms with van der Waals surface area (Å²) in [5, 5.41) is 0.146. The summed E-state index contributed by atoms with van der Waals surface area (Å²) in [7, 11) is 0. The highest BCUT2D eigenvalue weighted by atomic mass is 35.5. The van der Waals surface area contributed by atoms with E-state index in [0.29, 0.717) is 12.5 Å². The smallest absolute Gasteiger partial charge is 0.0660 e. The second-order valence-corrected chi connectivity index (χ2v) is 3.63. The van der Waals surface area contributed by atoms with Crippen molar-refractivity contribution in [2.75, 3.05) is 13.2 Å². The molecule has 0 saturated carbocycles. The predicted molar refractivity (Wildman–Crippen MR) is 49.6 cm³/mol. The molecule has 0 spiro atoms. The Morgan fingerprint density at radius 3 is 2.50 bits per heavy atom. The molecule has 1 aromatic carbocycles. The van der Waals surface area contributed by atoms with E-state index < -0.39 is 0 Å². The molecule has 0 aromatic heterocycles. The molecule has 1 aliphatic rings. The van der Waals surface area contributed by atoms with Crippen LogP contribution in [0.5, 0.6) is 0 Å². The zero-order valence-electron chi connectivity index (χ0n) is 6.74. The number of rotatable bonds is 1. The lowest BCUT2D eigenvalue weighted by molar-refractivity contribution is 0.194. The van der Waals surface area contributed by atoms with Crippen molar-refractivity contribution in [3.05, 3.63) is 35.9 Å². The first kappa shape index (κ1) is 8.09. The molecule has 12 heavy (non-hydrogen) atoms. The van der Waals surface area contributed by atoms with Crippen LogP contribution in [-0.4, -0.2) is 18.6 Å². The van der Waals surface area contributed by atoms with Gasteiger partial charge in [0.1, 0.15) is 0 Å². The molecule has 1 saturated heterocycles. The zero-order valence-corrected chi connectivity index (χ0v) is 7.50. The minimum absolute atomic E-state index is 0.146. The third-order valence-corrected chi connectivity index (χ3v) is 2.67. The van der Waals surface area contributed by atoms with Gasteiger partial charge in [-0.2, -0.15) is 0 Å². The maximum atomic E-state index is 6.09. The second kappa shape index (κ2) is 3.46. The molecule has 0 amide bonds. The van der Waals surface area contributed by atoms with Crippen molar-refractivity contribution in [1.29, 1.82) is 0 Å². The van der Waals surface area contributed by atoms with E-state index in [4.69, 9.17) is 16.3 Å². The Kier molecular flexibility index (Phi) is 2.33. The first-order valence-electron chi connectivity index (χ1n) is 4.14. The molecule has 0 N–H and O–H groups in total. The Bertz CT molecular complexity index is 247. The molecular formula is C10H11ClO. The van der Waals surface area contributed by atoms with Gasteiger partial charge in [0.15, 0.2) is 0 Å². The van der Waals surface area contributed by atoms with Gasteiger partial charge in [0.05, 0.1) is 18.6 Å². The van der Waals surface area contributed by atoms with E-state index >= 15 is 0 Å². The fraction of sp³-hybridized carbons (Fsp3) is 0.400. The van der Waals surface area contributed by atoms with Crippen LogP contribution >= 0.6 is 11.6 Å². The van der Waals surface area contributed by atoms with Gasteiger partial charge in [0.2, 0.25) is 0 Å². The Morgan fingerprint density at radius 2 is 1.92 bits per heavy atom. The van der Waals surface area contributed by atoms with Crippen molar-refractivity contribution in [2.24, 2.45) is 0 Å². The van der Waals surface area contributed by atoms with Gasteiger partial charge in [0.25, 0.3) is 0 Å². The van der Waals surface area contributed by atoms with Gasteiger partial charge in [-0.15, -0.1) is 11.6 Å². The van der Waals surface area contributed by atoms with Gasteiger partial charge >= 0.3 is 0 Å². The fourth-order valence-corrected chi connectivity index (χ4v) is 1.84. The van der Waals surface area contributed by atoms with E-state index in [2.05, 4.69) is 12.1 Å². The highest BCUT2D eigenvalue weighted by Crippen LogP contribution is 2.28. The lowest BCUT2D eigenvalue weighted by Crippen LogP contribution is -2.09. The molecule has 2 heteroatoms. The van der Waals surface area contributed by atoms with Crippen molar-refractivity contribution < 1.29 is 4.74 Å². The standard InChI is InChI=1S/C10H11ClO/c11-10-7-12-6-9(10)8-4-2-1-3-5-8/h1-5,9-10H,6-7H2/t9-,10+/m1/s1. The first-order valence-corrected chi connectivity index (χ1v) is 4.58. The van der Waals surface area contributed by atoms with E-state index in [9.17, 15) is 0 Å². The summed E-state index contributed by atoms with van der Waals surface area (Å²) in [6.45, 7) is 1.44. The van der Waals surface area contributed by atoms with Gasteiger partial charge in [0, 0.05) is 5.92 Å². The number of hydrogen-bond acceptors (Lipinski definition) is 1. The summed E-state index contributed by atoms with van der Waals surface area (Å²) in [5.74, 6) is 0.382. The molecule has 0 aliphatic carbocycles. The van der Waals surface area contributed by atoms with Crippen LogP contribution in [0.3, 0.4) is 0 Å². The van der Waals surface area contributed by atoms with Crippen molar-refractivity contribution in [3.8, 4) is 0 Å². The van der Waals surface area contributed by atoms with Crippen LogP contribution < -0.4 is 0 Å². The largest absolute Gasteiger partial charge is 0.379 e. The Morgan fingerprint density at radius 1 is 1.17 bits per heavy atom. The Labute approximate surface area is 77.3 Å². The van der Waals surface area contributed by atoms with Crippen LogP contribution in [-0.2, 0) is 4.74 Å². The summed E-state index contributed by atoms with van der Waals surface area (Å²) in [4.78, 5) is 0. The lowest BCUT2D eigenvalue weighted by Gasteiger charge is -2.10. The number of alkyl halides is 1. The molecule has 0 bridgehead atoms. The molecular weight excluding hydrogens is 172 g/mol. The van der Waals surface area contributed by atoms with Crippen molar-refractivity contribution in [2.45, 2.75) is 11.3 Å². The molecule has 1 heterocycles. The van der Waals surface area contributed by atoms with E-state index in [1.165, 1.54) is 5.56 Å². The number of ether oxygens (including phenoxy) is 1. The normalized spacial score (nSPS) is 29.1.